The van der Waals surface area contributed by atoms with E-state index < -0.39 is 0 Å². The summed E-state index contributed by atoms with van der Waals surface area (Å²) in [6, 6.07) is 178. The fourth-order valence-electron chi connectivity index (χ4n) is 23.0. The minimum Gasteiger partial charge on any atom is -0.455 e. The predicted molar refractivity (Wildman–Crippen MR) is 606 cm³/mol. The predicted octanol–water partition coefficient (Wildman–Crippen LogP) is 39.9. The molecule has 0 aliphatic heterocycles. The zero-order chi connectivity index (χ0) is 95.7. The SMILES string of the molecule is c1ccc(-c2ccc(N(c3cc4c5cc(N(c6ccc(-c7ccccc7)cc6)c6cccc7c6oc6ccccc67)c6ccc(-c7ccc8oc9c(N(c%10cccc(-c%11ccccc%11)c%10)c%10cc%11c%12cc(N(c%13cccc(-c%14ccccc%14)c%13)c%13cccc%14c%13oc%13ccccc%13%14)c%13ccccc%13c%12oc%11c%11ccccc%10%11)cccc9c8c7)cc6c5oc4c4ccccc34)c3cccc4c3oc3ccccc34)cc2)cc1. The molecule has 146 heavy (non-hydrogen) atoms. The van der Waals surface area contributed by atoms with Crippen LogP contribution >= 0.6 is 0 Å². The van der Waals surface area contributed by atoms with Crippen LogP contribution in [0.4, 0.5) is 68.2 Å². The molecule has 6 aromatic heterocycles. The first-order valence-electron chi connectivity index (χ1n) is 49.5. The number of fused-ring (bicyclic) bond motifs is 26. The molecule has 30 rings (SSSR count). The number of hydrogen-bond acceptors (Lipinski definition) is 10. The lowest BCUT2D eigenvalue weighted by molar-refractivity contribution is 0.668. The molecular formula is C136H82N4O6. The van der Waals surface area contributed by atoms with Gasteiger partial charge in [-0.3, -0.25) is 0 Å². The summed E-state index contributed by atoms with van der Waals surface area (Å²) in [5, 5.41) is 19.6. The minimum absolute atomic E-state index is 0.722. The summed E-state index contributed by atoms with van der Waals surface area (Å²) >= 11 is 0. The highest BCUT2D eigenvalue weighted by Crippen LogP contribution is 2.57. The van der Waals surface area contributed by atoms with Gasteiger partial charge in [-0.05, 0) is 189 Å². The first-order chi connectivity index (χ1) is 72.4. The molecule has 0 unspecified atom stereocenters. The molecule has 0 aliphatic carbocycles. The van der Waals surface area contributed by atoms with Crippen molar-refractivity contribution in [2.75, 3.05) is 19.6 Å². The second-order valence-electron chi connectivity index (χ2n) is 37.9. The highest BCUT2D eigenvalue weighted by Gasteiger charge is 2.33. The third kappa shape index (κ3) is 13.1. The summed E-state index contributed by atoms with van der Waals surface area (Å²) < 4.78 is 44.2. The molecule has 0 aliphatic rings. The van der Waals surface area contributed by atoms with Crippen molar-refractivity contribution in [3.63, 3.8) is 0 Å². The molecule has 0 radical (unpaired) electrons. The number of anilines is 12. The van der Waals surface area contributed by atoms with Crippen LogP contribution in [0.25, 0.3) is 230 Å². The number of hydrogen-bond donors (Lipinski definition) is 0. The van der Waals surface area contributed by atoms with E-state index in [1.165, 1.54) is 0 Å². The zero-order valence-corrected chi connectivity index (χ0v) is 78.6. The van der Waals surface area contributed by atoms with E-state index in [0.717, 1.165) is 299 Å². The van der Waals surface area contributed by atoms with E-state index in [1.54, 1.807) is 0 Å². The summed E-state index contributed by atoms with van der Waals surface area (Å²) in [6.45, 7) is 0. The van der Waals surface area contributed by atoms with E-state index in [0.29, 0.717) is 0 Å². The van der Waals surface area contributed by atoms with Crippen molar-refractivity contribution >= 4 is 243 Å². The third-order valence-electron chi connectivity index (χ3n) is 29.7. The summed E-state index contributed by atoms with van der Waals surface area (Å²) in [5.41, 5.74) is 31.2. The van der Waals surface area contributed by atoms with Gasteiger partial charge in [0.1, 0.15) is 44.7 Å². The molecule has 682 valence electrons. The Kier molecular flexibility index (Phi) is 18.6. The minimum atomic E-state index is 0.722. The molecule has 0 N–H and O–H groups in total. The Morgan fingerprint density at radius 2 is 0.322 bits per heavy atom. The molecule has 0 saturated heterocycles. The van der Waals surface area contributed by atoms with Gasteiger partial charge in [-0.1, -0.05) is 364 Å². The molecule has 30 aromatic rings. The summed E-state index contributed by atoms with van der Waals surface area (Å²) in [4.78, 5) is 9.58. The van der Waals surface area contributed by atoms with Crippen molar-refractivity contribution < 1.29 is 26.5 Å². The first-order valence-corrected chi connectivity index (χ1v) is 49.5. The number of furan rings is 6. The molecule has 0 fully saturated rings. The quantitative estimate of drug-likeness (QED) is 0.0878. The van der Waals surface area contributed by atoms with Crippen molar-refractivity contribution in [1.29, 1.82) is 0 Å². The number of nitrogens with zero attached hydrogens (tertiary/aromatic N) is 4. The van der Waals surface area contributed by atoms with Crippen molar-refractivity contribution in [3.8, 4) is 55.6 Å². The van der Waals surface area contributed by atoms with Gasteiger partial charge < -0.3 is 46.1 Å². The Hall–Kier alpha value is -19.7. The molecule has 6 heterocycles. The molecule has 0 bridgehead atoms. The standard InChI is InChI=1S/C136H82N4O6/c1-5-31-83(32-6-1)87-63-69-93(70-64-87)137(117-56-27-52-107-101-46-19-22-60-125(101)141-133(107)117)121-79-115-116-82-124(138(94-71-65-88(66-72-94)84-33-7-2-8-34-84)118-57-28-53-108-102-47-20-23-61-126(102)142-134(108)118)100-73-67-91(78-112(100)132(116)146-131(115)104-49-16-13-43-97(104)121)92-68-74-128-111(77-92)110-55-30-59-120(136(110)144-128)140(96-42-26-40-90(76-96)86-37-11-4-12-38-86)123-81-114-113-80-122(98-44-14-17-50-105(98)129(113)145-130(114)106-51-18-15-45-99(106)123)139(95-41-25-39-89(75-95)85-35-9-3-10-36-85)119-58-29-54-109-103-48-21-24-62-127(103)143-135(109)119/h1-82H. The van der Waals surface area contributed by atoms with Crippen LogP contribution in [0.3, 0.4) is 0 Å². The van der Waals surface area contributed by atoms with Crippen LogP contribution in [0.15, 0.2) is 524 Å². The van der Waals surface area contributed by atoms with E-state index in [-0.39, 0.29) is 0 Å². The Labute approximate surface area is 836 Å². The van der Waals surface area contributed by atoms with Crippen molar-refractivity contribution in [1.82, 2.24) is 0 Å². The number of rotatable bonds is 17. The molecular weight excluding hydrogens is 1790 g/mol. The summed E-state index contributed by atoms with van der Waals surface area (Å²) in [7, 11) is 0. The average Bonchev–Trinajstić information content (AvgIpc) is 1.54. The second-order valence-corrected chi connectivity index (χ2v) is 37.9. The van der Waals surface area contributed by atoms with Gasteiger partial charge in [-0.2, -0.15) is 0 Å². The van der Waals surface area contributed by atoms with Crippen LogP contribution in [0.2, 0.25) is 0 Å². The molecule has 0 atom stereocenters. The van der Waals surface area contributed by atoms with Crippen LogP contribution in [0.5, 0.6) is 0 Å². The Balaban J connectivity index is 0.633. The lowest BCUT2D eigenvalue weighted by atomic mass is 9.95. The van der Waals surface area contributed by atoms with Crippen LogP contribution in [-0.4, -0.2) is 0 Å². The van der Waals surface area contributed by atoms with E-state index in [9.17, 15) is 0 Å². The van der Waals surface area contributed by atoms with E-state index >= 15 is 0 Å². The molecule has 10 heteroatoms. The zero-order valence-electron chi connectivity index (χ0n) is 78.6. The summed E-state index contributed by atoms with van der Waals surface area (Å²) in [5.74, 6) is 0. The molecule has 0 saturated carbocycles. The summed E-state index contributed by atoms with van der Waals surface area (Å²) in [6.07, 6.45) is 0. The molecule has 24 aromatic carbocycles. The normalized spacial score (nSPS) is 12.0. The highest BCUT2D eigenvalue weighted by molar-refractivity contribution is 6.30. The maximum absolute atomic E-state index is 7.83. The van der Waals surface area contributed by atoms with Gasteiger partial charge in [0.15, 0.2) is 22.3 Å². The van der Waals surface area contributed by atoms with Crippen molar-refractivity contribution in [2.24, 2.45) is 0 Å². The van der Waals surface area contributed by atoms with Crippen LogP contribution < -0.4 is 19.6 Å². The van der Waals surface area contributed by atoms with Crippen LogP contribution in [0, 0.1) is 0 Å². The van der Waals surface area contributed by atoms with E-state index in [1.807, 2.05) is 18.2 Å². The second kappa shape index (κ2) is 33.0. The first kappa shape index (κ1) is 82.2. The van der Waals surface area contributed by atoms with Crippen LogP contribution in [-0.2, 0) is 0 Å². The fourth-order valence-corrected chi connectivity index (χ4v) is 23.0. The third-order valence-corrected chi connectivity index (χ3v) is 29.7. The van der Waals surface area contributed by atoms with Gasteiger partial charge in [0.2, 0.25) is 0 Å². The maximum atomic E-state index is 7.83. The van der Waals surface area contributed by atoms with Gasteiger partial charge in [0.05, 0.1) is 45.5 Å². The van der Waals surface area contributed by atoms with Gasteiger partial charge >= 0.3 is 0 Å². The smallest absolute Gasteiger partial charge is 0.159 e. The van der Waals surface area contributed by atoms with Gasteiger partial charge in [-0.15, -0.1) is 0 Å². The van der Waals surface area contributed by atoms with Crippen LogP contribution in [0.1, 0.15) is 0 Å². The van der Waals surface area contributed by atoms with E-state index in [4.69, 9.17) is 26.5 Å². The van der Waals surface area contributed by atoms with Gasteiger partial charge in [-0.25, -0.2) is 0 Å². The molecule has 0 amide bonds. The fraction of sp³-hybridized carbons (Fsp3) is 0. The van der Waals surface area contributed by atoms with Crippen molar-refractivity contribution in [3.05, 3.63) is 497 Å². The number of benzene rings is 24. The van der Waals surface area contributed by atoms with Gasteiger partial charge in [0.25, 0.3) is 0 Å². The molecule has 10 nitrogen and oxygen atoms in total. The van der Waals surface area contributed by atoms with Gasteiger partial charge in [0, 0.05) is 130 Å². The Morgan fingerprint density at radius 1 is 0.103 bits per heavy atom. The average molecular weight is 1870 g/mol. The molecule has 0 spiro atoms. The van der Waals surface area contributed by atoms with Crippen molar-refractivity contribution in [2.45, 2.75) is 0 Å². The lowest BCUT2D eigenvalue weighted by Crippen LogP contribution is -2.11. The number of para-hydroxylation sites is 7. The topological polar surface area (TPSA) is 91.8 Å². The Bertz CT molecular complexity index is 10600. The Morgan fingerprint density at radius 3 is 0.678 bits per heavy atom. The highest BCUT2D eigenvalue weighted by atomic mass is 16.4. The lowest BCUT2D eigenvalue weighted by Gasteiger charge is -2.28. The van der Waals surface area contributed by atoms with E-state index in [2.05, 4.69) is 499 Å². The largest absolute Gasteiger partial charge is 0.455 e. The maximum Gasteiger partial charge on any atom is 0.159 e. The monoisotopic (exact) mass is 1870 g/mol.